The maximum Gasteiger partial charge on any atom is 0.338 e. The average molecular weight is 454 g/mol. The smallest absolute Gasteiger partial charge is 0.338 e. The molecule has 1 aromatic carbocycles. The number of carbonyl (C=O) groups is 3. The van der Waals surface area contributed by atoms with Gasteiger partial charge in [0.05, 0.1) is 6.61 Å². The first-order valence-electron chi connectivity index (χ1n) is 10.5. The zero-order valence-corrected chi connectivity index (χ0v) is 18.3. The molecule has 0 radical (unpaired) electrons. The number of carbonyl (C=O) groups excluding carboxylic acids is 3. The highest BCUT2D eigenvalue weighted by Crippen LogP contribution is 2.29. The molecular weight excluding hydrogens is 426 g/mol. The number of halogens is 2. The zero-order chi connectivity index (χ0) is 23.7. The van der Waals surface area contributed by atoms with Crippen LogP contribution in [0.25, 0.3) is 0 Å². The average Bonchev–Trinajstić information content (AvgIpc) is 2.72. The number of rotatable bonds is 4. The van der Waals surface area contributed by atoms with E-state index in [2.05, 4.69) is 0 Å². The number of aliphatic hydroxyl groups is 1. The highest BCUT2D eigenvalue weighted by molar-refractivity contribution is 6.01. The summed E-state index contributed by atoms with van der Waals surface area (Å²) in [5.74, 6) is -4.64. The second-order valence-corrected chi connectivity index (χ2v) is 8.95. The summed E-state index contributed by atoms with van der Waals surface area (Å²) >= 11 is 0. The monoisotopic (exact) mass is 454 g/mol. The molecule has 1 N–H and O–H groups in total. The molecule has 2 amide bonds. The van der Waals surface area contributed by atoms with E-state index in [0.29, 0.717) is 11.3 Å². The standard InChI is InChI=1S/C22H28F2N2O6/c1-21(2,3)32-20(30)16(27)17-19(29)26(12-13-31-17)15-6-4-14(5-7-15)18(28)25-10-8-22(23,24)9-11-25/h4-7,16-17,27H,8-13H2,1-3H3. The number of hydrogen-bond donors (Lipinski definition) is 1. The Hall–Kier alpha value is -2.59. The molecule has 10 heteroatoms. The van der Waals surface area contributed by atoms with Gasteiger partial charge in [0, 0.05) is 43.7 Å². The lowest BCUT2D eigenvalue weighted by atomic mass is 10.0. The topological polar surface area (TPSA) is 96.4 Å². The maximum atomic E-state index is 13.3. The van der Waals surface area contributed by atoms with Crippen LogP contribution in [-0.4, -0.2) is 77.8 Å². The third-order valence-corrected chi connectivity index (χ3v) is 5.26. The van der Waals surface area contributed by atoms with Gasteiger partial charge in [-0.3, -0.25) is 9.59 Å². The SMILES string of the molecule is CC(C)(C)OC(=O)C(O)C1OCCN(c2ccc(C(=O)N3CCC(F)(F)CC3)cc2)C1=O. The molecule has 8 nitrogen and oxygen atoms in total. The number of anilines is 1. The molecule has 0 spiro atoms. The Kier molecular flexibility index (Phi) is 6.85. The second kappa shape index (κ2) is 9.11. The molecule has 3 rings (SSSR count). The summed E-state index contributed by atoms with van der Waals surface area (Å²) in [5, 5.41) is 10.3. The van der Waals surface area contributed by atoms with Crippen LogP contribution in [0.3, 0.4) is 0 Å². The summed E-state index contributed by atoms with van der Waals surface area (Å²) < 4.78 is 37.1. The van der Waals surface area contributed by atoms with Crippen molar-refractivity contribution < 1.29 is 37.7 Å². The van der Waals surface area contributed by atoms with Crippen molar-refractivity contribution in [3.05, 3.63) is 29.8 Å². The van der Waals surface area contributed by atoms with E-state index in [-0.39, 0.29) is 45.0 Å². The van der Waals surface area contributed by atoms with Gasteiger partial charge in [0.2, 0.25) is 0 Å². The molecule has 2 aliphatic rings. The first-order valence-corrected chi connectivity index (χ1v) is 10.5. The Labute approximate surface area is 185 Å². The molecule has 2 aliphatic heterocycles. The number of esters is 1. The number of ether oxygens (including phenoxy) is 2. The second-order valence-electron chi connectivity index (χ2n) is 8.95. The minimum Gasteiger partial charge on any atom is -0.458 e. The molecule has 2 atom stereocenters. The Morgan fingerprint density at radius 3 is 2.31 bits per heavy atom. The number of aliphatic hydroxyl groups excluding tert-OH is 1. The molecule has 1 aromatic rings. The van der Waals surface area contributed by atoms with E-state index in [1.54, 1.807) is 32.9 Å². The maximum absolute atomic E-state index is 13.3. The van der Waals surface area contributed by atoms with Crippen LogP contribution in [0.2, 0.25) is 0 Å². The van der Waals surface area contributed by atoms with Gasteiger partial charge < -0.3 is 24.4 Å². The van der Waals surface area contributed by atoms with E-state index < -0.39 is 35.6 Å². The van der Waals surface area contributed by atoms with Crippen molar-refractivity contribution in [2.45, 2.75) is 57.3 Å². The lowest BCUT2D eigenvalue weighted by Crippen LogP contribution is -2.55. The van der Waals surface area contributed by atoms with E-state index in [1.165, 1.54) is 21.9 Å². The summed E-state index contributed by atoms with van der Waals surface area (Å²) in [4.78, 5) is 40.3. The summed E-state index contributed by atoms with van der Waals surface area (Å²) in [6.45, 7) is 5.20. The van der Waals surface area contributed by atoms with Crippen LogP contribution in [0.1, 0.15) is 44.0 Å². The number of amides is 2. The van der Waals surface area contributed by atoms with Crippen molar-refractivity contribution >= 4 is 23.5 Å². The highest BCUT2D eigenvalue weighted by atomic mass is 19.3. The normalized spacial score (nSPS) is 22.4. The van der Waals surface area contributed by atoms with E-state index in [9.17, 15) is 28.3 Å². The van der Waals surface area contributed by atoms with Crippen LogP contribution < -0.4 is 4.90 Å². The number of likely N-dealkylation sites (tertiary alicyclic amines) is 1. The van der Waals surface area contributed by atoms with Crippen LogP contribution in [-0.2, 0) is 19.1 Å². The highest BCUT2D eigenvalue weighted by Gasteiger charge is 2.41. The molecule has 2 unspecified atom stereocenters. The molecule has 176 valence electrons. The molecule has 0 bridgehead atoms. The van der Waals surface area contributed by atoms with Crippen molar-refractivity contribution in [3.63, 3.8) is 0 Å². The number of benzene rings is 1. The molecule has 2 saturated heterocycles. The van der Waals surface area contributed by atoms with Gasteiger partial charge in [0.1, 0.15) is 5.60 Å². The van der Waals surface area contributed by atoms with E-state index >= 15 is 0 Å². The lowest BCUT2D eigenvalue weighted by molar-refractivity contribution is -0.177. The van der Waals surface area contributed by atoms with E-state index in [4.69, 9.17) is 9.47 Å². The number of alkyl halides is 2. The van der Waals surface area contributed by atoms with Gasteiger partial charge in [-0.15, -0.1) is 0 Å². The van der Waals surface area contributed by atoms with E-state index in [0.717, 1.165) is 0 Å². The zero-order valence-electron chi connectivity index (χ0n) is 18.3. The van der Waals surface area contributed by atoms with Crippen LogP contribution in [0, 0.1) is 0 Å². The minimum absolute atomic E-state index is 0.0141. The van der Waals surface area contributed by atoms with Crippen molar-refractivity contribution in [1.82, 2.24) is 4.90 Å². The predicted octanol–water partition coefficient (Wildman–Crippen LogP) is 1.99. The number of morpholine rings is 1. The molecule has 2 fully saturated rings. The largest absolute Gasteiger partial charge is 0.458 e. The van der Waals surface area contributed by atoms with Crippen molar-refractivity contribution in [1.29, 1.82) is 0 Å². The Bertz CT molecular complexity index is 858. The lowest BCUT2D eigenvalue weighted by Gasteiger charge is -2.34. The fourth-order valence-corrected chi connectivity index (χ4v) is 3.58. The quantitative estimate of drug-likeness (QED) is 0.699. The third kappa shape index (κ3) is 5.60. The minimum atomic E-state index is -2.74. The van der Waals surface area contributed by atoms with Crippen LogP contribution in [0.4, 0.5) is 14.5 Å². The van der Waals surface area contributed by atoms with Crippen LogP contribution >= 0.6 is 0 Å². The summed E-state index contributed by atoms with van der Waals surface area (Å²) in [6, 6.07) is 6.16. The molecule has 0 aromatic heterocycles. The Morgan fingerprint density at radius 1 is 1.16 bits per heavy atom. The summed E-state index contributed by atoms with van der Waals surface area (Å²) in [6.07, 6.45) is -3.90. The first kappa shape index (κ1) is 24.1. The first-order chi connectivity index (χ1) is 14.9. The number of piperidine rings is 1. The van der Waals surface area contributed by atoms with Crippen molar-refractivity contribution in [3.8, 4) is 0 Å². The van der Waals surface area contributed by atoms with Gasteiger partial charge >= 0.3 is 5.97 Å². The number of hydrogen-bond acceptors (Lipinski definition) is 6. The van der Waals surface area contributed by atoms with Gasteiger partial charge in [0.15, 0.2) is 12.2 Å². The molecular formula is C22H28F2N2O6. The van der Waals surface area contributed by atoms with Gasteiger partial charge in [-0.05, 0) is 45.0 Å². The van der Waals surface area contributed by atoms with Gasteiger partial charge in [-0.1, -0.05) is 0 Å². The fourth-order valence-electron chi connectivity index (χ4n) is 3.58. The summed E-state index contributed by atoms with van der Waals surface area (Å²) in [5.41, 5.74) is -0.0475. The van der Waals surface area contributed by atoms with E-state index in [1.807, 2.05) is 0 Å². The number of nitrogens with zero attached hydrogens (tertiary/aromatic N) is 2. The molecule has 2 heterocycles. The van der Waals surface area contributed by atoms with Crippen LogP contribution in [0.5, 0.6) is 0 Å². The van der Waals surface area contributed by atoms with Gasteiger partial charge in [-0.2, -0.15) is 0 Å². The summed E-state index contributed by atoms with van der Waals surface area (Å²) in [7, 11) is 0. The molecule has 0 aliphatic carbocycles. The predicted molar refractivity (Wildman–Crippen MR) is 110 cm³/mol. The molecule has 0 saturated carbocycles. The van der Waals surface area contributed by atoms with Crippen LogP contribution in [0.15, 0.2) is 24.3 Å². The van der Waals surface area contributed by atoms with Gasteiger partial charge in [-0.25, -0.2) is 13.6 Å². The molecule has 32 heavy (non-hydrogen) atoms. The Balaban J connectivity index is 1.67. The van der Waals surface area contributed by atoms with Gasteiger partial charge in [0.25, 0.3) is 17.7 Å². The third-order valence-electron chi connectivity index (χ3n) is 5.26. The fraction of sp³-hybridized carbons (Fsp3) is 0.591. The van der Waals surface area contributed by atoms with Crippen molar-refractivity contribution in [2.24, 2.45) is 0 Å². The van der Waals surface area contributed by atoms with Crippen molar-refractivity contribution in [2.75, 3.05) is 31.1 Å². The Morgan fingerprint density at radius 2 is 1.75 bits per heavy atom.